The minimum absolute atomic E-state index is 0.176. The molecule has 0 aliphatic rings. The maximum absolute atomic E-state index is 13.2. The van der Waals surface area contributed by atoms with Crippen molar-refractivity contribution in [1.29, 1.82) is 0 Å². The van der Waals surface area contributed by atoms with Crippen LogP contribution in [0.5, 0.6) is 0 Å². The Morgan fingerprint density at radius 3 is 1.56 bits per heavy atom. The van der Waals surface area contributed by atoms with Crippen molar-refractivity contribution < 1.29 is 19.1 Å². The third-order valence-corrected chi connectivity index (χ3v) is 10.3. The van der Waals surface area contributed by atoms with Crippen LogP contribution in [0, 0.1) is 0 Å². The van der Waals surface area contributed by atoms with Gasteiger partial charge in [0, 0.05) is 14.1 Å². The second-order valence-electron chi connectivity index (χ2n) is 7.88. The van der Waals surface area contributed by atoms with Gasteiger partial charge in [-0.05, 0) is 36.4 Å². The lowest BCUT2D eigenvalue weighted by atomic mass is 10.4. The number of nitrogens with two attached hydrogens (primary N) is 1. The highest BCUT2D eigenvalue weighted by Crippen LogP contribution is 2.55. The van der Waals surface area contributed by atoms with Crippen molar-refractivity contribution in [2.24, 2.45) is 10.5 Å². The number of hydrogen-bond donors (Lipinski definition) is 3. The lowest BCUT2D eigenvalue weighted by Gasteiger charge is -2.32. The van der Waals surface area contributed by atoms with Gasteiger partial charge in [-0.1, -0.05) is 54.6 Å². The maximum Gasteiger partial charge on any atom is 0.451 e. The smallest absolute Gasteiger partial charge is 0.369 e. The molecule has 0 fully saturated rings. The van der Waals surface area contributed by atoms with E-state index in [1.54, 1.807) is 11.9 Å². The van der Waals surface area contributed by atoms with Crippen molar-refractivity contribution in [3.63, 3.8) is 0 Å². The van der Waals surface area contributed by atoms with Crippen LogP contribution in [0.1, 0.15) is 0 Å². The number of likely N-dealkylation sites (N-methyl/N-ethyl adjacent to an activating group) is 2. The third kappa shape index (κ3) is 6.10. The number of carbonyl (C=O) groups is 1. The minimum Gasteiger partial charge on any atom is -0.369 e. The molecular weight excluding hydrogens is 470 g/mol. The standard InChI is InChI=1S/C24H28N4O4P2/c1-27(24(25)26-34(30,31)32)18-23(29)28(2)19-33(20-12-6-3-7-13-20,21-14-8-4-9-15-21)22-16-10-5-11-17-22/h3-17H,18-19H2,1-2H3,(H3-,25,26,30,31,32)/p+1. The molecule has 4 N–H and O–H groups in total. The summed E-state index contributed by atoms with van der Waals surface area (Å²) in [6.45, 7) is -0.176. The van der Waals surface area contributed by atoms with Gasteiger partial charge in [0.1, 0.15) is 29.5 Å². The number of rotatable bonds is 8. The van der Waals surface area contributed by atoms with E-state index in [1.165, 1.54) is 11.9 Å². The van der Waals surface area contributed by atoms with Gasteiger partial charge in [-0.15, -0.1) is 4.76 Å². The van der Waals surface area contributed by atoms with Crippen LogP contribution in [-0.2, 0) is 9.36 Å². The average molecular weight is 499 g/mol. The lowest BCUT2D eigenvalue weighted by Crippen LogP contribution is -2.45. The van der Waals surface area contributed by atoms with Crippen LogP contribution >= 0.6 is 15.0 Å². The Hall–Kier alpha value is -3.02. The molecule has 3 aromatic carbocycles. The van der Waals surface area contributed by atoms with Gasteiger partial charge >= 0.3 is 7.75 Å². The van der Waals surface area contributed by atoms with Crippen LogP contribution < -0.4 is 21.6 Å². The van der Waals surface area contributed by atoms with Gasteiger partial charge in [0.05, 0.1) is 6.54 Å². The molecule has 0 aliphatic heterocycles. The van der Waals surface area contributed by atoms with Crippen molar-refractivity contribution in [2.75, 3.05) is 26.9 Å². The topological polar surface area (TPSA) is 119 Å². The van der Waals surface area contributed by atoms with Crippen LogP contribution in [0.15, 0.2) is 95.8 Å². The van der Waals surface area contributed by atoms with Gasteiger partial charge in [-0.3, -0.25) is 4.79 Å². The van der Waals surface area contributed by atoms with Crippen LogP contribution in [0.25, 0.3) is 0 Å². The molecule has 0 aromatic heterocycles. The van der Waals surface area contributed by atoms with E-state index in [9.17, 15) is 9.36 Å². The van der Waals surface area contributed by atoms with E-state index in [-0.39, 0.29) is 12.5 Å². The Kier molecular flexibility index (Phi) is 8.24. The van der Waals surface area contributed by atoms with Crippen LogP contribution in [0.2, 0.25) is 0 Å². The fourth-order valence-corrected chi connectivity index (χ4v) is 8.39. The normalized spacial score (nSPS) is 12.3. The number of guanidine groups is 1. The number of benzene rings is 3. The predicted molar refractivity (Wildman–Crippen MR) is 139 cm³/mol. The average Bonchev–Trinajstić information content (AvgIpc) is 2.83. The van der Waals surface area contributed by atoms with E-state index in [1.807, 2.05) is 54.6 Å². The Morgan fingerprint density at radius 2 is 1.21 bits per heavy atom. The van der Waals surface area contributed by atoms with E-state index >= 15 is 0 Å². The molecule has 178 valence electrons. The van der Waals surface area contributed by atoms with E-state index < -0.39 is 21.0 Å². The molecule has 0 atom stereocenters. The number of nitrogens with zero attached hydrogens (tertiary/aromatic N) is 3. The fourth-order valence-electron chi connectivity index (χ4n) is 3.75. The first-order valence-electron chi connectivity index (χ1n) is 10.5. The highest BCUT2D eigenvalue weighted by Gasteiger charge is 2.47. The van der Waals surface area contributed by atoms with Crippen LogP contribution in [0.4, 0.5) is 0 Å². The maximum atomic E-state index is 13.2. The summed E-state index contributed by atoms with van der Waals surface area (Å²) in [6.07, 6.45) is 0.438. The number of carbonyl (C=O) groups excluding carboxylic acids is 1. The molecule has 0 bridgehead atoms. The first-order valence-corrected chi connectivity index (χ1v) is 14.1. The Morgan fingerprint density at radius 1 is 0.824 bits per heavy atom. The molecular formula is C24H29N4O4P2+. The van der Waals surface area contributed by atoms with Gasteiger partial charge in [0.15, 0.2) is 0 Å². The molecule has 0 unspecified atom stereocenters. The summed E-state index contributed by atoms with van der Waals surface area (Å²) in [5, 5.41) is 3.42. The van der Waals surface area contributed by atoms with Gasteiger partial charge in [-0.2, -0.15) is 0 Å². The SMILES string of the molecule is CN(C[P+](c1ccccc1)(c1ccccc1)c1ccccc1)C(=O)CN(C)C(N)=NP(=O)(O)O. The highest BCUT2D eigenvalue weighted by molar-refractivity contribution is 7.95. The predicted octanol–water partition coefficient (Wildman–Crippen LogP) is 1.74. The quantitative estimate of drug-likeness (QED) is 0.247. The Labute approximate surface area is 200 Å². The first-order chi connectivity index (χ1) is 16.1. The second-order valence-corrected chi connectivity index (χ2v) is 12.6. The molecule has 3 rings (SSSR count). The summed E-state index contributed by atoms with van der Waals surface area (Å²) in [4.78, 5) is 34.1. The molecule has 10 heteroatoms. The summed E-state index contributed by atoms with van der Waals surface area (Å²) in [5.41, 5.74) is 5.67. The van der Waals surface area contributed by atoms with E-state index in [0.717, 1.165) is 15.9 Å². The number of amides is 1. The molecule has 0 heterocycles. The van der Waals surface area contributed by atoms with Crippen molar-refractivity contribution in [3.8, 4) is 0 Å². The summed E-state index contributed by atoms with van der Waals surface area (Å²) >= 11 is 0. The van der Waals surface area contributed by atoms with Crippen molar-refractivity contribution in [2.45, 2.75) is 0 Å². The van der Waals surface area contributed by atoms with Crippen LogP contribution in [-0.4, -0.2) is 58.4 Å². The zero-order valence-electron chi connectivity index (χ0n) is 19.1. The van der Waals surface area contributed by atoms with Crippen molar-refractivity contribution in [1.82, 2.24) is 9.80 Å². The van der Waals surface area contributed by atoms with Gasteiger partial charge in [0.25, 0.3) is 0 Å². The van der Waals surface area contributed by atoms with E-state index in [0.29, 0.717) is 6.29 Å². The van der Waals surface area contributed by atoms with Crippen molar-refractivity contribution in [3.05, 3.63) is 91.0 Å². The largest absolute Gasteiger partial charge is 0.451 e. The van der Waals surface area contributed by atoms with E-state index in [4.69, 9.17) is 15.5 Å². The third-order valence-electron chi connectivity index (χ3n) is 5.44. The molecule has 1 amide bonds. The molecule has 0 saturated carbocycles. The molecule has 8 nitrogen and oxygen atoms in total. The summed E-state index contributed by atoms with van der Waals surface area (Å²) in [5.74, 6) is -0.649. The van der Waals surface area contributed by atoms with Gasteiger partial charge < -0.3 is 25.3 Å². The zero-order valence-corrected chi connectivity index (χ0v) is 20.9. The zero-order chi connectivity index (χ0) is 24.8. The van der Waals surface area contributed by atoms with E-state index in [2.05, 4.69) is 41.2 Å². The van der Waals surface area contributed by atoms with Gasteiger partial charge in [0.2, 0.25) is 11.9 Å². The Balaban J connectivity index is 2.02. The second kappa shape index (κ2) is 10.9. The minimum atomic E-state index is -4.69. The number of hydrogen-bond acceptors (Lipinski definition) is 2. The molecule has 0 spiro atoms. The Bertz CT molecular complexity index is 1070. The lowest BCUT2D eigenvalue weighted by molar-refractivity contribution is -0.129. The molecule has 0 saturated heterocycles. The molecule has 34 heavy (non-hydrogen) atoms. The van der Waals surface area contributed by atoms with Crippen LogP contribution in [0.3, 0.4) is 0 Å². The molecule has 0 radical (unpaired) electrons. The highest BCUT2D eigenvalue weighted by atomic mass is 31.2. The summed E-state index contributed by atoms with van der Waals surface area (Å²) in [7, 11) is -3.76. The summed E-state index contributed by atoms with van der Waals surface area (Å²) in [6, 6.07) is 30.5. The summed E-state index contributed by atoms with van der Waals surface area (Å²) < 4.78 is 14.3. The first kappa shape index (κ1) is 25.6. The van der Waals surface area contributed by atoms with Crippen molar-refractivity contribution >= 4 is 42.8 Å². The van der Waals surface area contributed by atoms with Gasteiger partial charge in [-0.25, -0.2) is 4.57 Å². The fraction of sp³-hybridized carbons (Fsp3) is 0.167. The molecule has 3 aromatic rings. The molecule has 0 aliphatic carbocycles. The monoisotopic (exact) mass is 499 g/mol.